The van der Waals surface area contributed by atoms with Crippen LogP contribution in [0.1, 0.15) is 27.7 Å². The van der Waals surface area contributed by atoms with Crippen molar-refractivity contribution in [2.45, 2.75) is 27.7 Å². The van der Waals surface area contributed by atoms with E-state index in [1.165, 1.54) is 0 Å². The predicted molar refractivity (Wildman–Crippen MR) is 114 cm³/mol. The van der Waals surface area contributed by atoms with E-state index in [-0.39, 0.29) is 35.2 Å². The molecule has 2 aliphatic rings. The highest BCUT2D eigenvalue weighted by atomic mass is 32.2. The summed E-state index contributed by atoms with van der Waals surface area (Å²) in [4.78, 5) is 32.1. The Labute approximate surface area is 176 Å². The lowest BCUT2D eigenvalue weighted by Gasteiger charge is -2.36. The van der Waals surface area contributed by atoms with Crippen LogP contribution < -0.4 is 0 Å². The first-order valence-corrected chi connectivity index (χ1v) is 12.6. The summed E-state index contributed by atoms with van der Waals surface area (Å²) in [6, 6.07) is 0. The van der Waals surface area contributed by atoms with Crippen molar-refractivity contribution in [3.05, 3.63) is 0 Å². The minimum atomic E-state index is -3.11. The largest absolute Gasteiger partial charge is 0.340 e. The fourth-order valence-electron chi connectivity index (χ4n) is 3.75. The minimum Gasteiger partial charge on any atom is -0.340 e. The maximum Gasteiger partial charge on any atom is 0.225 e. The molecule has 0 aromatic heterocycles. The van der Waals surface area contributed by atoms with Crippen molar-refractivity contribution in [1.82, 2.24) is 19.6 Å². The summed E-state index contributed by atoms with van der Waals surface area (Å²) in [5.41, 5.74) is 0. The van der Waals surface area contributed by atoms with E-state index in [9.17, 15) is 18.0 Å². The van der Waals surface area contributed by atoms with Gasteiger partial charge in [-0.2, -0.15) is 0 Å². The number of carbonyl (C=O) groups excluding carboxylic acids is 2. The molecule has 0 radical (unpaired) electrons. The molecule has 0 atom stereocenters. The highest BCUT2D eigenvalue weighted by molar-refractivity contribution is 7.91. The van der Waals surface area contributed by atoms with Gasteiger partial charge >= 0.3 is 0 Å². The average Bonchev–Trinajstić information content (AvgIpc) is 2.70. The molecule has 2 saturated heterocycles. The molecule has 0 bridgehead atoms. The number of rotatable bonds is 8. The number of piperazine rings is 2. The lowest BCUT2D eigenvalue weighted by atomic mass is 10.1. The SMILES string of the molecule is CC(C)C(=O)N1CCN(CCS(=O)(=O)CCN2CCN(C(=O)C(C)C)CC2)CC1. The Morgan fingerprint density at radius 3 is 1.24 bits per heavy atom. The molecule has 0 aromatic rings. The summed E-state index contributed by atoms with van der Waals surface area (Å²) >= 11 is 0. The van der Waals surface area contributed by atoms with Crippen LogP contribution in [-0.4, -0.2) is 117 Å². The number of hydrogen-bond donors (Lipinski definition) is 0. The van der Waals surface area contributed by atoms with E-state index in [0.29, 0.717) is 39.3 Å². The molecule has 2 rings (SSSR count). The third-order valence-corrected chi connectivity index (χ3v) is 7.40. The maximum absolute atomic E-state index is 12.5. The molecule has 0 aromatic carbocycles. The predicted octanol–water partition coefficient (Wildman–Crippen LogP) is 0.00160. The van der Waals surface area contributed by atoms with Crippen LogP contribution in [0.15, 0.2) is 0 Å². The van der Waals surface area contributed by atoms with Crippen molar-refractivity contribution in [1.29, 1.82) is 0 Å². The van der Waals surface area contributed by atoms with Crippen LogP contribution >= 0.6 is 0 Å². The summed E-state index contributed by atoms with van der Waals surface area (Å²) in [5, 5.41) is 0. The Morgan fingerprint density at radius 1 is 0.655 bits per heavy atom. The average molecular weight is 431 g/mol. The van der Waals surface area contributed by atoms with Crippen molar-refractivity contribution < 1.29 is 18.0 Å². The zero-order valence-corrected chi connectivity index (χ0v) is 19.3. The molecule has 2 fully saturated rings. The van der Waals surface area contributed by atoms with Gasteiger partial charge in [0.25, 0.3) is 0 Å². The minimum absolute atomic E-state index is 0.00675. The van der Waals surface area contributed by atoms with Crippen molar-refractivity contribution in [3.8, 4) is 0 Å². The van der Waals surface area contributed by atoms with Crippen molar-refractivity contribution in [3.63, 3.8) is 0 Å². The second kappa shape index (κ2) is 10.7. The highest BCUT2D eigenvalue weighted by Gasteiger charge is 2.25. The van der Waals surface area contributed by atoms with Crippen LogP contribution in [0.3, 0.4) is 0 Å². The first-order valence-electron chi connectivity index (χ1n) is 10.8. The number of carbonyl (C=O) groups is 2. The first-order chi connectivity index (χ1) is 13.6. The van der Waals surface area contributed by atoms with Crippen LogP contribution in [0.4, 0.5) is 0 Å². The van der Waals surface area contributed by atoms with Gasteiger partial charge in [-0.1, -0.05) is 27.7 Å². The van der Waals surface area contributed by atoms with E-state index < -0.39 is 9.84 Å². The van der Waals surface area contributed by atoms with Gasteiger partial charge in [0.05, 0.1) is 11.5 Å². The number of amides is 2. The van der Waals surface area contributed by atoms with Gasteiger partial charge in [-0.15, -0.1) is 0 Å². The second-order valence-corrected chi connectivity index (χ2v) is 11.1. The molecular formula is C20H38N4O4S. The van der Waals surface area contributed by atoms with Crippen molar-refractivity contribution >= 4 is 21.7 Å². The van der Waals surface area contributed by atoms with Gasteiger partial charge in [-0.05, 0) is 0 Å². The quantitative estimate of drug-likeness (QED) is 0.539. The molecule has 29 heavy (non-hydrogen) atoms. The topological polar surface area (TPSA) is 81.2 Å². The van der Waals surface area contributed by atoms with E-state index in [0.717, 1.165) is 26.2 Å². The maximum atomic E-state index is 12.5. The summed E-state index contributed by atoms with van der Waals surface area (Å²) in [6.07, 6.45) is 0. The number of hydrogen-bond acceptors (Lipinski definition) is 6. The van der Waals surface area contributed by atoms with Gasteiger partial charge in [0.15, 0.2) is 9.84 Å². The molecular weight excluding hydrogens is 392 g/mol. The molecule has 8 nitrogen and oxygen atoms in total. The molecule has 9 heteroatoms. The Morgan fingerprint density at radius 2 is 0.966 bits per heavy atom. The summed E-state index contributed by atoms with van der Waals surface area (Å²) in [7, 11) is -3.11. The van der Waals surface area contributed by atoms with Gasteiger partial charge in [0.2, 0.25) is 11.8 Å². The van der Waals surface area contributed by atoms with Crippen LogP contribution in [0.5, 0.6) is 0 Å². The van der Waals surface area contributed by atoms with Gasteiger partial charge in [0, 0.05) is 77.3 Å². The van der Waals surface area contributed by atoms with E-state index >= 15 is 0 Å². The highest BCUT2D eigenvalue weighted by Crippen LogP contribution is 2.09. The molecule has 0 unspecified atom stereocenters. The van der Waals surface area contributed by atoms with E-state index in [1.54, 1.807) is 0 Å². The second-order valence-electron chi connectivity index (χ2n) is 8.80. The number of sulfone groups is 1. The lowest BCUT2D eigenvalue weighted by molar-refractivity contribution is -0.136. The molecule has 0 aliphatic carbocycles. The first kappa shape index (κ1) is 24.1. The summed E-state index contributed by atoms with van der Waals surface area (Å²) in [6.45, 7) is 14.3. The van der Waals surface area contributed by atoms with Gasteiger partial charge in [0.1, 0.15) is 0 Å². The van der Waals surface area contributed by atoms with E-state index in [4.69, 9.17) is 0 Å². The molecule has 2 aliphatic heterocycles. The lowest BCUT2D eigenvalue weighted by Crippen LogP contribution is -2.51. The number of nitrogens with zero attached hydrogens (tertiary/aromatic N) is 4. The Balaban J connectivity index is 1.66. The third-order valence-electron chi connectivity index (χ3n) is 5.79. The van der Waals surface area contributed by atoms with Crippen molar-refractivity contribution in [2.75, 3.05) is 77.0 Å². The van der Waals surface area contributed by atoms with Gasteiger partial charge < -0.3 is 9.80 Å². The van der Waals surface area contributed by atoms with E-state index in [2.05, 4.69) is 9.80 Å². The Hall–Kier alpha value is -1.19. The fourth-order valence-corrected chi connectivity index (χ4v) is 5.03. The molecule has 0 N–H and O–H groups in total. The van der Waals surface area contributed by atoms with Gasteiger partial charge in [-0.25, -0.2) is 8.42 Å². The molecule has 2 amide bonds. The summed E-state index contributed by atoms with van der Waals surface area (Å²) < 4.78 is 24.9. The smallest absolute Gasteiger partial charge is 0.225 e. The molecule has 168 valence electrons. The Kier molecular flexibility index (Phi) is 8.91. The monoisotopic (exact) mass is 430 g/mol. The van der Waals surface area contributed by atoms with Crippen LogP contribution in [0.25, 0.3) is 0 Å². The van der Waals surface area contributed by atoms with Gasteiger partial charge in [-0.3, -0.25) is 19.4 Å². The third kappa shape index (κ3) is 7.53. The zero-order chi connectivity index (χ0) is 21.6. The Bertz CT molecular complexity index is 599. The van der Waals surface area contributed by atoms with Crippen LogP contribution in [0.2, 0.25) is 0 Å². The summed E-state index contributed by atoms with van der Waals surface area (Å²) in [5.74, 6) is 0.688. The molecule has 0 spiro atoms. The standard InChI is InChI=1S/C20H38N4O4S/c1-17(2)19(25)23-9-5-21(6-10-23)13-15-29(27,28)16-14-22-7-11-24(12-8-22)20(26)18(3)4/h17-18H,5-16H2,1-4H3. The van der Waals surface area contributed by atoms with Crippen molar-refractivity contribution in [2.24, 2.45) is 11.8 Å². The van der Waals surface area contributed by atoms with E-state index in [1.807, 2.05) is 37.5 Å². The normalized spacial score (nSPS) is 19.9. The molecule has 0 saturated carbocycles. The fraction of sp³-hybridized carbons (Fsp3) is 0.900. The van der Waals surface area contributed by atoms with Crippen LogP contribution in [0, 0.1) is 11.8 Å². The molecule has 2 heterocycles. The zero-order valence-electron chi connectivity index (χ0n) is 18.5. The van der Waals surface area contributed by atoms with Crippen LogP contribution in [-0.2, 0) is 19.4 Å².